The van der Waals surface area contributed by atoms with E-state index in [2.05, 4.69) is 27.7 Å². The summed E-state index contributed by atoms with van der Waals surface area (Å²) in [6.45, 7) is 4.19. The first-order chi connectivity index (χ1) is 24.8. The number of hydrogen-bond donors (Lipinski definition) is 3. The fraction of sp³-hybridized carbons (Fsp3) is 0.366. The Morgan fingerprint density at radius 2 is 1.53 bits per heavy atom. The molecule has 2 amide bonds. The number of nitrogens with zero attached hydrogens (tertiary/aromatic N) is 1. The minimum Gasteiger partial charge on any atom is -0.493 e. The Bertz CT molecular complexity index is 1760. The van der Waals surface area contributed by atoms with Gasteiger partial charge in [-0.25, -0.2) is 4.79 Å². The second kappa shape index (κ2) is 17.0. The summed E-state index contributed by atoms with van der Waals surface area (Å²) in [7, 11) is 3.32. The molecule has 2 aliphatic rings. The van der Waals surface area contributed by atoms with Crippen molar-refractivity contribution in [2.75, 3.05) is 27.3 Å². The van der Waals surface area contributed by atoms with Crippen molar-refractivity contribution < 1.29 is 33.6 Å². The Hall–Kier alpha value is -4.74. The average molecular weight is 694 g/mol. The van der Waals surface area contributed by atoms with Gasteiger partial charge in [0.05, 0.1) is 39.1 Å². The Balaban J connectivity index is 1.11. The number of nitrogens with one attached hydrogen (secondary N) is 2. The van der Waals surface area contributed by atoms with E-state index >= 15 is 0 Å². The van der Waals surface area contributed by atoms with Crippen molar-refractivity contribution in [3.8, 4) is 11.5 Å². The van der Waals surface area contributed by atoms with Gasteiger partial charge in [-0.2, -0.15) is 0 Å². The maximum absolute atomic E-state index is 12.7. The van der Waals surface area contributed by atoms with Crippen molar-refractivity contribution in [2.45, 2.75) is 70.4 Å². The van der Waals surface area contributed by atoms with Gasteiger partial charge in [-0.3, -0.25) is 9.69 Å². The fourth-order valence-electron chi connectivity index (χ4n) is 6.75. The predicted molar refractivity (Wildman–Crippen MR) is 193 cm³/mol. The summed E-state index contributed by atoms with van der Waals surface area (Å²) in [5.41, 5.74) is 7.15. The molecule has 0 aliphatic carbocycles. The molecular formula is C41H47N3O7. The number of ether oxygens (including phenoxy) is 4. The van der Waals surface area contributed by atoms with Crippen LogP contribution in [0.1, 0.15) is 64.7 Å². The van der Waals surface area contributed by atoms with Crippen molar-refractivity contribution in [1.82, 2.24) is 15.5 Å². The number of ketones is 1. The van der Waals surface area contributed by atoms with Gasteiger partial charge in [0.25, 0.3) is 0 Å². The molecule has 4 aromatic carbocycles. The number of carbonyl (C=O) groups excluding carboxylic acids is 2. The molecule has 0 spiro atoms. The molecule has 1 fully saturated rings. The van der Waals surface area contributed by atoms with Gasteiger partial charge in [0.15, 0.2) is 23.6 Å². The monoisotopic (exact) mass is 693 g/mol. The molecule has 0 aromatic heterocycles. The first-order valence-electron chi connectivity index (χ1n) is 17.5. The van der Waals surface area contributed by atoms with Crippen molar-refractivity contribution >= 4 is 11.8 Å². The molecule has 3 N–H and O–H groups in total. The molecule has 2 heterocycles. The van der Waals surface area contributed by atoms with Crippen LogP contribution in [-0.2, 0) is 46.8 Å². The summed E-state index contributed by atoms with van der Waals surface area (Å²) in [6, 6.07) is 28.5. The lowest BCUT2D eigenvalue weighted by atomic mass is 9.97. The number of fused-ring (bicyclic) bond motifs is 1. The predicted octanol–water partition coefficient (Wildman–Crippen LogP) is 5.80. The Morgan fingerprint density at radius 1 is 0.863 bits per heavy atom. The number of urea groups is 1. The molecule has 0 bridgehead atoms. The first-order valence-corrected chi connectivity index (χ1v) is 17.5. The zero-order chi connectivity index (χ0) is 35.7. The van der Waals surface area contributed by atoms with Gasteiger partial charge in [0, 0.05) is 38.2 Å². The summed E-state index contributed by atoms with van der Waals surface area (Å²) in [5, 5.41) is 15.3. The highest BCUT2D eigenvalue weighted by Gasteiger charge is 2.34. The van der Waals surface area contributed by atoms with Gasteiger partial charge in [0.2, 0.25) is 0 Å². The molecule has 10 nitrogen and oxygen atoms in total. The van der Waals surface area contributed by atoms with Crippen molar-refractivity contribution in [1.29, 1.82) is 0 Å². The number of benzene rings is 4. The number of aliphatic hydroxyl groups excluding tert-OH is 1. The van der Waals surface area contributed by atoms with E-state index < -0.39 is 18.4 Å². The van der Waals surface area contributed by atoms with E-state index in [1.807, 2.05) is 78.9 Å². The zero-order valence-corrected chi connectivity index (χ0v) is 29.5. The number of methoxy groups -OCH3 is 2. The Kier molecular flexibility index (Phi) is 12.0. The van der Waals surface area contributed by atoms with Crippen LogP contribution in [0.2, 0.25) is 0 Å². The summed E-state index contributed by atoms with van der Waals surface area (Å²) < 4.78 is 24.3. The van der Waals surface area contributed by atoms with Gasteiger partial charge in [0.1, 0.15) is 0 Å². The van der Waals surface area contributed by atoms with E-state index in [1.54, 1.807) is 14.2 Å². The zero-order valence-electron chi connectivity index (χ0n) is 29.5. The third-order valence-electron chi connectivity index (χ3n) is 9.66. The number of hydrogen-bond acceptors (Lipinski definition) is 8. The van der Waals surface area contributed by atoms with Crippen LogP contribution in [0.4, 0.5) is 4.79 Å². The second-order valence-electron chi connectivity index (χ2n) is 13.2. The molecule has 268 valence electrons. The Morgan fingerprint density at radius 3 is 2.20 bits per heavy atom. The molecule has 2 aliphatic heterocycles. The molecule has 4 atom stereocenters. The van der Waals surface area contributed by atoms with E-state index in [1.165, 1.54) is 18.1 Å². The highest BCUT2D eigenvalue weighted by atomic mass is 16.7. The van der Waals surface area contributed by atoms with Crippen molar-refractivity contribution in [3.05, 3.63) is 130 Å². The largest absolute Gasteiger partial charge is 0.493 e. The summed E-state index contributed by atoms with van der Waals surface area (Å²) in [5.74, 6) is 1.38. The highest BCUT2D eigenvalue weighted by Crippen LogP contribution is 2.39. The van der Waals surface area contributed by atoms with Crippen molar-refractivity contribution in [3.63, 3.8) is 0 Å². The number of Topliss-reactive ketones (excluding diaryl/α,β-unsaturated/α-hetero) is 1. The van der Waals surface area contributed by atoms with E-state index in [0.717, 1.165) is 65.4 Å². The van der Waals surface area contributed by atoms with Crippen LogP contribution in [0.25, 0.3) is 0 Å². The molecule has 51 heavy (non-hydrogen) atoms. The standard InChI is InChI=1S/C41H47N3O7/c1-27(46)36(19-28-7-5-4-6-8-28)43-41(47)42-23-29-9-15-32(16-10-29)40-50-35(22-37(51-40)31-13-11-30(26-45)12-14-31)25-44-18-17-33-20-38(48-2)39(49-3)21-34(33)24-44/h4-16,20-21,35-37,40,45H,17-19,22-26H2,1-3H3,(H2,42,43,47)/t35-,36+,37+,40?/m0/s1. The van der Waals surface area contributed by atoms with Crippen LogP contribution in [0.5, 0.6) is 11.5 Å². The molecule has 1 unspecified atom stereocenters. The quantitative estimate of drug-likeness (QED) is 0.161. The molecule has 0 saturated carbocycles. The van der Waals surface area contributed by atoms with E-state index in [4.69, 9.17) is 18.9 Å². The van der Waals surface area contributed by atoms with E-state index in [0.29, 0.717) is 19.4 Å². The number of rotatable bonds is 13. The minimum absolute atomic E-state index is 0.0128. The van der Waals surface area contributed by atoms with Crippen LogP contribution >= 0.6 is 0 Å². The average Bonchev–Trinajstić information content (AvgIpc) is 3.16. The van der Waals surface area contributed by atoms with Gasteiger partial charge < -0.3 is 34.7 Å². The summed E-state index contributed by atoms with van der Waals surface area (Å²) >= 11 is 0. The molecule has 6 rings (SSSR count). The third kappa shape index (κ3) is 9.33. The second-order valence-corrected chi connectivity index (χ2v) is 13.2. The van der Waals surface area contributed by atoms with Crippen LogP contribution in [0.3, 0.4) is 0 Å². The number of amides is 2. The summed E-state index contributed by atoms with van der Waals surface area (Å²) in [4.78, 5) is 27.4. The van der Waals surface area contributed by atoms with Crippen molar-refractivity contribution in [2.24, 2.45) is 0 Å². The summed E-state index contributed by atoms with van der Waals surface area (Å²) in [6.07, 6.45) is 1.15. The minimum atomic E-state index is -0.609. The number of carbonyl (C=O) groups is 2. The molecule has 0 radical (unpaired) electrons. The first kappa shape index (κ1) is 36.1. The van der Waals surface area contributed by atoms with Crippen LogP contribution in [-0.4, -0.2) is 61.3 Å². The lowest BCUT2D eigenvalue weighted by Gasteiger charge is -2.39. The van der Waals surface area contributed by atoms with Gasteiger partial charge in [-0.1, -0.05) is 78.9 Å². The van der Waals surface area contributed by atoms with E-state index in [-0.39, 0.29) is 24.6 Å². The van der Waals surface area contributed by atoms with Crippen LogP contribution in [0, 0.1) is 0 Å². The SMILES string of the molecule is COc1cc2c(cc1OC)CN(C[C@@H]1C[C@H](c3ccc(CO)cc3)OC(c3ccc(CNC(=O)N[C@H](Cc4ccccc4)C(C)=O)cc3)O1)CC2. The van der Waals surface area contributed by atoms with Crippen LogP contribution in [0.15, 0.2) is 91.0 Å². The number of aliphatic hydroxyl groups is 1. The molecule has 1 saturated heterocycles. The normalized spacial score (nSPS) is 19.4. The third-order valence-corrected chi connectivity index (χ3v) is 9.66. The maximum Gasteiger partial charge on any atom is 0.315 e. The molecule has 4 aromatic rings. The highest BCUT2D eigenvalue weighted by molar-refractivity contribution is 5.87. The molecular weight excluding hydrogens is 646 g/mol. The molecule has 10 heteroatoms. The van der Waals surface area contributed by atoms with Gasteiger partial charge in [-0.15, -0.1) is 0 Å². The fourth-order valence-corrected chi connectivity index (χ4v) is 6.75. The van der Waals surface area contributed by atoms with Crippen LogP contribution < -0.4 is 20.1 Å². The van der Waals surface area contributed by atoms with Gasteiger partial charge >= 0.3 is 6.03 Å². The van der Waals surface area contributed by atoms with E-state index in [9.17, 15) is 14.7 Å². The lowest BCUT2D eigenvalue weighted by Crippen LogP contribution is -2.46. The topological polar surface area (TPSA) is 119 Å². The lowest BCUT2D eigenvalue weighted by molar-refractivity contribution is -0.253. The van der Waals surface area contributed by atoms with Gasteiger partial charge in [-0.05, 0) is 65.3 Å². The maximum atomic E-state index is 12.7. The Labute approximate surface area is 299 Å². The smallest absolute Gasteiger partial charge is 0.315 e.